The summed E-state index contributed by atoms with van der Waals surface area (Å²) in [5.41, 5.74) is 7.30. The standard InChI is InChI=1S/C11H14ClN/c1-7-6-10(7)11(13)8-2-4-9(12)5-3-8/h2-5,7,10-11H,6,13H2,1H3/t7-,10-,11-/m0/s1. The van der Waals surface area contributed by atoms with Gasteiger partial charge in [-0.15, -0.1) is 0 Å². The van der Waals surface area contributed by atoms with E-state index < -0.39 is 0 Å². The van der Waals surface area contributed by atoms with Gasteiger partial charge in [-0.1, -0.05) is 30.7 Å². The van der Waals surface area contributed by atoms with Gasteiger partial charge in [0.25, 0.3) is 0 Å². The van der Waals surface area contributed by atoms with Crippen LogP contribution >= 0.6 is 11.6 Å². The Morgan fingerprint density at radius 1 is 1.38 bits per heavy atom. The maximum Gasteiger partial charge on any atom is 0.0406 e. The second-order valence-corrected chi connectivity index (χ2v) is 4.39. The molecular weight excluding hydrogens is 182 g/mol. The minimum absolute atomic E-state index is 0.201. The zero-order valence-electron chi connectivity index (χ0n) is 7.70. The van der Waals surface area contributed by atoms with Crippen molar-refractivity contribution in [1.29, 1.82) is 0 Å². The molecule has 2 rings (SSSR count). The summed E-state index contributed by atoms with van der Waals surface area (Å²) < 4.78 is 0. The SMILES string of the molecule is C[C@H]1C[C@@H]1[C@@H](N)c1ccc(Cl)cc1. The molecule has 2 heteroatoms. The number of rotatable bonds is 2. The molecule has 0 heterocycles. The zero-order valence-corrected chi connectivity index (χ0v) is 8.46. The third kappa shape index (κ3) is 1.87. The Balaban J connectivity index is 2.12. The van der Waals surface area contributed by atoms with Crippen molar-refractivity contribution in [2.75, 3.05) is 0 Å². The van der Waals surface area contributed by atoms with E-state index in [9.17, 15) is 0 Å². The molecule has 1 aliphatic carbocycles. The summed E-state index contributed by atoms with van der Waals surface area (Å²) >= 11 is 5.80. The molecule has 2 N–H and O–H groups in total. The summed E-state index contributed by atoms with van der Waals surface area (Å²) in [6, 6.07) is 8.07. The number of halogens is 1. The van der Waals surface area contributed by atoms with Crippen molar-refractivity contribution in [3.8, 4) is 0 Å². The Hall–Kier alpha value is -0.530. The van der Waals surface area contributed by atoms with Gasteiger partial charge in [0, 0.05) is 11.1 Å². The van der Waals surface area contributed by atoms with Gasteiger partial charge in [0.2, 0.25) is 0 Å². The van der Waals surface area contributed by atoms with E-state index in [-0.39, 0.29) is 6.04 Å². The Labute approximate surface area is 83.9 Å². The first-order chi connectivity index (χ1) is 6.18. The number of hydrogen-bond acceptors (Lipinski definition) is 1. The molecule has 0 bridgehead atoms. The van der Waals surface area contributed by atoms with Crippen LogP contribution in [0.4, 0.5) is 0 Å². The molecular formula is C11H14ClN. The van der Waals surface area contributed by atoms with E-state index in [2.05, 4.69) is 6.92 Å². The molecule has 13 heavy (non-hydrogen) atoms. The van der Waals surface area contributed by atoms with Crippen LogP contribution in [0.25, 0.3) is 0 Å². The van der Waals surface area contributed by atoms with E-state index in [4.69, 9.17) is 17.3 Å². The van der Waals surface area contributed by atoms with E-state index in [1.165, 1.54) is 12.0 Å². The molecule has 0 aromatic heterocycles. The van der Waals surface area contributed by atoms with Gasteiger partial charge in [-0.25, -0.2) is 0 Å². The predicted octanol–water partition coefficient (Wildman–Crippen LogP) is 3.00. The average molecular weight is 196 g/mol. The summed E-state index contributed by atoms with van der Waals surface area (Å²) in [5, 5.41) is 0.778. The molecule has 70 valence electrons. The molecule has 0 aliphatic heterocycles. The second-order valence-electron chi connectivity index (χ2n) is 3.95. The minimum Gasteiger partial charge on any atom is -0.324 e. The molecule has 1 nitrogen and oxygen atoms in total. The molecule has 0 spiro atoms. The number of benzene rings is 1. The smallest absolute Gasteiger partial charge is 0.0406 e. The maximum absolute atomic E-state index is 6.10. The van der Waals surface area contributed by atoms with Crippen molar-refractivity contribution in [3.63, 3.8) is 0 Å². The quantitative estimate of drug-likeness (QED) is 0.772. The van der Waals surface area contributed by atoms with Crippen LogP contribution in [0.5, 0.6) is 0 Å². The van der Waals surface area contributed by atoms with Crippen LogP contribution in [0.3, 0.4) is 0 Å². The molecule has 0 saturated heterocycles. The van der Waals surface area contributed by atoms with Gasteiger partial charge in [0.05, 0.1) is 0 Å². The van der Waals surface area contributed by atoms with E-state index in [1.807, 2.05) is 24.3 Å². The Bertz CT molecular complexity index is 293. The predicted molar refractivity (Wildman–Crippen MR) is 55.7 cm³/mol. The van der Waals surface area contributed by atoms with Crippen molar-refractivity contribution < 1.29 is 0 Å². The lowest BCUT2D eigenvalue weighted by Gasteiger charge is -2.10. The minimum atomic E-state index is 0.201. The summed E-state index contributed by atoms with van der Waals surface area (Å²) in [6.45, 7) is 2.25. The van der Waals surface area contributed by atoms with Crippen molar-refractivity contribution in [2.45, 2.75) is 19.4 Å². The second kappa shape index (κ2) is 3.32. The lowest BCUT2D eigenvalue weighted by molar-refractivity contribution is 0.593. The summed E-state index contributed by atoms with van der Waals surface area (Å²) in [7, 11) is 0. The van der Waals surface area contributed by atoms with Crippen molar-refractivity contribution in [3.05, 3.63) is 34.9 Å². The van der Waals surface area contributed by atoms with Gasteiger partial charge >= 0.3 is 0 Å². The Morgan fingerprint density at radius 3 is 2.38 bits per heavy atom. The third-order valence-corrected chi connectivity index (χ3v) is 3.14. The fourth-order valence-corrected chi connectivity index (χ4v) is 1.91. The van der Waals surface area contributed by atoms with Gasteiger partial charge in [0.15, 0.2) is 0 Å². The highest BCUT2D eigenvalue weighted by Crippen LogP contribution is 2.45. The van der Waals surface area contributed by atoms with Gasteiger partial charge in [-0.2, -0.15) is 0 Å². The van der Waals surface area contributed by atoms with Crippen LogP contribution in [-0.2, 0) is 0 Å². The van der Waals surface area contributed by atoms with Gasteiger partial charge in [0.1, 0.15) is 0 Å². The van der Waals surface area contributed by atoms with E-state index in [0.29, 0.717) is 5.92 Å². The molecule has 3 atom stereocenters. The average Bonchev–Trinajstić information content (AvgIpc) is 2.83. The van der Waals surface area contributed by atoms with Gasteiger partial charge < -0.3 is 5.73 Å². The lowest BCUT2D eigenvalue weighted by atomic mass is 10.0. The maximum atomic E-state index is 6.10. The number of hydrogen-bond donors (Lipinski definition) is 1. The van der Waals surface area contributed by atoms with E-state index in [1.54, 1.807) is 0 Å². The highest BCUT2D eigenvalue weighted by atomic mass is 35.5. The molecule has 0 amide bonds. The van der Waals surface area contributed by atoms with Crippen LogP contribution in [-0.4, -0.2) is 0 Å². The summed E-state index contributed by atoms with van der Waals surface area (Å²) in [4.78, 5) is 0. The topological polar surface area (TPSA) is 26.0 Å². The van der Waals surface area contributed by atoms with Crippen LogP contribution in [0, 0.1) is 11.8 Å². The largest absolute Gasteiger partial charge is 0.324 e. The highest BCUT2D eigenvalue weighted by molar-refractivity contribution is 6.30. The molecule has 1 aromatic carbocycles. The summed E-state index contributed by atoms with van der Waals surface area (Å²) in [5.74, 6) is 1.48. The van der Waals surface area contributed by atoms with Gasteiger partial charge in [-0.05, 0) is 36.0 Å². The number of nitrogens with two attached hydrogens (primary N) is 1. The molecule has 1 saturated carbocycles. The monoisotopic (exact) mass is 195 g/mol. The van der Waals surface area contributed by atoms with Gasteiger partial charge in [-0.3, -0.25) is 0 Å². The first-order valence-corrected chi connectivity index (χ1v) is 5.07. The fraction of sp³-hybridized carbons (Fsp3) is 0.455. The fourth-order valence-electron chi connectivity index (χ4n) is 1.78. The first-order valence-electron chi connectivity index (χ1n) is 4.69. The van der Waals surface area contributed by atoms with Crippen molar-refractivity contribution in [2.24, 2.45) is 17.6 Å². The van der Waals surface area contributed by atoms with Crippen LogP contribution in [0.15, 0.2) is 24.3 Å². The van der Waals surface area contributed by atoms with Crippen LogP contribution in [0.2, 0.25) is 5.02 Å². The molecule has 1 fully saturated rings. The van der Waals surface area contributed by atoms with Crippen LogP contribution < -0.4 is 5.73 Å². The molecule has 0 radical (unpaired) electrons. The molecule has 1 aromatic rings. The third-order valence-electron chi connectivity index (χ3n) is 2.89. The van der Waals surface area contributed by atoms with E-state index >= 15 is 0 Å². The summed E-state index contributed by atoms with van der Waals surface area (Å²) in [6.07, 6.45) is 1.27. The molecule has 0 unspecified atom stereocenters. The first kappa shape index (κ1) is 9.04. The Kier molecular flexibility index (Phi) is 2.31. The lowest BCUT2D eigenvalue weighted by Crippen LogP contribution is -2.13. The van der Waals surface area contributed by atoms with Crippen LogP contribution in [0.1, 0.15) is 24.9 Å². The Morgan fingerprint density at radius 2 is 1.92 bits per heavy atom. The van der Waals surface area contributed by atoms with E-state index in [0.717, 1.165) is 10.9 Å². The zero-order chi connectivity index (χ0) is 9.42. The normalized spacial score (nSPS) is 28.5. The van der Waals surface area contributed by atoms with Crippen molar-refractivity contribution >= 4 is 11.6 Å². The van der Waals surface area contributed by atoms with Crippen molar-refractivity contribution in [1.82, 2.24) is 0 Å². The highest BCUT2D eigenvalue weighted by Gasteiger charge is 2.38. The molecule has 1 aliphatic rings.